The highest BCUT2D eigenvalue weighted by atomic mass is 127. The minimum Gasteiger partial charge on any atom is -0.266 e. The number of aryl methyl sites for hydroxylation is 1. The second-order valence-corrected chi connectivity index (χ2v) is 3.47. The van der Waals surface area contributed by atoms with Crippen LogP contribution in [0.25, 0.3) is 5.52 Å². The van der Waals surface area contributed by atoms with Crippen molar-refractivity contribution in [2.75, 3.05) is 0 Å². The smallest absolute Gasteiger partial charge is 0.266 e. The number of aromatic amines is 1. The van der Waals surface area contributed by atoms with Crippen LogP contribution in [0.5, 0.6) is 0 Å². The van der Waals surface area contributed by atoms with Gasteiger partial charge in [0.25, 0.3) is 5.56 Å². The first-order chi connectivity index (χ1) is 5.68. The fourth-order valence-electron chi connectivity index (χ4n) is 0.997. The summed E-state index contributed by atoms with van der Waals surface area (Å²) in [5.41, 5.74) is 0.322. The molecule has 0 aliphatic carbocycles. The number of rotatable bonds is 0. The van der Waals surface area contributed by atoms with E-state index in [-0.39, 0.29) is 5.56 Å². The molecule has 2 aromatic rings. The highest BCUT2D eigenvalue weighted by molar-refractivity contribution is 14.1. The Balaban J connectivity index is 3.03. The molecule has 0 aliphatic rings. The lowest BCUT2D eigenvalue weighted by Gasteiger charge is -1.93. The van der Waals surface area contributed by atoms with E-state index in [1.807, 2.05) is 0 Å². The molecule has 0 unspecified atom stereocenters. The van der Waals surface area contributed by atoms with Crippen LogP contribution >= 0.6 is 22.6 Å². The third kappa shape index (κ3) is 1.02. The molecule has 2 rings (SSSR count). The molecule has 0 spiro atoms. The maximum Gasteiger partial charge on any atom is 0.290 e. The lowest BCUT2D eigenvalue weighted by molar-refractivity contribution is 0.789. The maximum atomic E-state index is 11.2. The number of hydrogen-bond acceptors (Lipinski definition) is 3. The quantitative estimate of drug-likeness (QED) is 0.705. The Hall–Kier alpha value is -0.920. The van der Waals surface area contributed by atoms with Gasteiger partial charge >= 0.3 is 0 Å². The average molecular weight is 276 g/mol. The molecule has 62 valence electrons. The molecule has 0 radical (unpaired) electrons. The van der Waals surface area contributed by atoms with E-state index in [1.165, 1.54) is 4.52 Å². The molecule has 12 heavy (non-hydrogen) atoms. The van der Waals surface area contributed by atoms with Gasteiger partial charge in [-0.1, -0.05) is 0 Å². The fraction of sp³-hybridized carbons (Fsp3) is 0.167. The van der Waals surface area contributed by atoms with Crippen molar-refractivity contribution in [3.63, 3.8) is 0 Å². The molecule has 0 atom stereocenters. The molecule has 0 fully saturated rings. The zero-order valence-corrected chi connectivity index (χ0v) is 8.36. The third-order valence-electron chi connectivity index (χ3n) is 1.54. The van der Waals surface area contributed by atoms with Crippen LogP contribution in [-0.4, -0.2) is 19.8 Å². The average Bonchev–Trinajstić information content (AvgIpc) is 2.41. The van der Waals surface area contributed by atoms with Crippen LogP contribution in [0.3, 0.4) is 0 Å². The first-order valence-corrected chi connectivity index (χ1v) is 4.37. The van der Waals surface area contributed by atoms with Crippen molar-refractivity contribution in [2.45, 2.75) is 6.92 Å². The number of fused-ring (bicyclic) bond motifs is 1. The van der Waals surface area contributed by atoms with Crippen molar-refractivity contribution in [1.29, 1.82) is 0 Å². The zero-order chi connectivity index (χ0) is 8.72. The van der Waals surface area contributed by atoms with Gasteiger partial charge in [-0.25, -0.2) is 9.61 Å². The topological polar surface area (TPSA) is 63.0 Å². The Morgan fingerprint density at radius 3 is 3.08 bits per heavy atom. The van der Waals surface area contributed by atoms with Crippen molar-refractivity contribution in [3.8, 4) is 0 Å². The van der Waals surface area contributed by atoms with E-state index < -0.39 is 0 Å². The van der Waals surface area contributed by atoms with Crippen LogP contribution in [0.1, 0.15) is 5.82 Å². The first kappa shape index (κ1) is 7.71. The van der Waals surface area contributed by atoms with E-state index in [0.29, 0.717) is 11.3 Å². The second-order valence-electron chi connectivity index (χ2n) is 2.36. The third-order valence-corrected chi connectivity index (χ3v) is 2.07. The normalized spacial score (nSPS) is 10.8. The minimum atomic E-state index is -0.212. The second kappa shape index (κ2) is 2.54. The van der Waals surface area contributed by atoms with E-state index in [9.17, 15) is 4.79 Å². The van der Waals surface area contributed by atoms with Gasteiger partial charge in [-0.2, -0.15) is 10.2 Å². The number of H-pyrrole nitrogens is 1. The minimum absolute atomic E-state index is 0.212. The summed E-state index contributed by atoms with van der Waals surface area (Å²) in [7, 11) is 0. The van der Waals surface area contributed by atoms with Crippen LogP contribution in [0.4, 0.5) is 0 Å². The molecule has 0 bridgehead atoms. The summed E-state index contributed by atoms with van der Waals surface area (Å²) in [5.74, 6) is 0.674. The van der Waals surface area contributed by atoms with Crippen molar-refractivity contribution < 1.29 is 0 Å². The van der Waals surface area contributed by atoms with E-state index in [2.05, 4.69) is 37.9 Å². The van der Waals surface area contributed by atoms with Gasteiger partial charge in [0.1, 0.15) is 15.0 Å². The fourth-order valence-corrected chi connectivity index (χ4v) is 1.51. The molecular weight excluding hydrogens is 271 g/mol. The van der Waals surface area contributed by atoms with Gasteiger partial charge in [0.2, 0.25) is 0 Å². The van der Waals surface area contributed by atoms with Crippen molar-refractivity contribution in [3.05, 3.63) is 25.9 Å². The highest BCUT2D eigenvalue weighted by Gasteiger charge is 2.04. The summed E-state index contributed by atoms with van der Waals surface area (Å²) in [4.78, 5) is 11.2. The van der Waals surface area contributed by atoms with Crippen LogP contribution in [0, 0.1) is 10.6 Å². The predicted octanol–water partition coefficient (Wildman–Crippen LogP) is 0.331. The van der Waals surface area contributed by atoms with Gasteiger partial charge in [0.15, 0.2) is 0 Å². The molecule has 2 heterocycles. The molecule has 0 saturated carbocycles. The Morgan fingerprint density at radius 1 is 1.67 bits per heavy atom. The van der Waals surface area contributed by atoms with E-state index in [0.717, 1.165) is 3.70 Å². The van der Waals surface area contributed by atoms with Crippen LogP contribution in [0.15, 0.2) is 10.9 Å². The van der Waals surface area contributed by atoms with Crippen LogP contribution in [-0.2, 0) is 0 Å². The predicted molar refractivity (Wildman–Crippen MR) is 51.1 cm³/mol. The molecule has 1 N–H and O–H groups in total. The molecule has 0 amide bonds. The highest BCUT2D eigenvalue weighted by Crippen LogP contribution is 2.04. The van der Waals surface area contributed by atoms with Crippen LogP contribution < -0.4 is 5.56 Å². The van der Waals surface area contributed by atoms with E-state index >= 15 is 0 Å². The van der Waals surface area contributed by atoms with Crippen LogP contribution in [0.2, 0.25) is 0 Å². The summed E-state index contributed by atoms with van der Waals surface area (Å²) in [6.45, 7) is 1.78. The zero-order valence-electron chi connectivity index (χ0n) is 6.21. The summed E-state index contributed by atoms with van der Waals surface area (Å²) in [6.07, 6.45) is 0. The molecular formula is C6H5IN4O. The standard InChI is InChI=1S/C6H5IN4O/c1-3-8-9-6(12)4-2-5(7)10-11(3)4/h2H,1H3,(H,9,12). The number of nitrogens with one attached hydrogen (secondary N) is 1. The lowest BCUT2D eigenvalue weighted by Crippen LogP contribution is -2.14. The monoisotopic (exact) mass is 276 g/mol. The Labute approximate surface area is 80.9 Å². The van der Waals surface area contributed by atoms with Gasteiger partial charge in [0, 0.05) is 6.07 Å². The summed E-state index contributed by atoms with van der Waals surface area (Å²) >= 11 is 2.05. The van der Waals surface area contributed by atoms with Gasteiger partial charge < -0.3 is 0 Å². The number of hydrogen-bond donors (Lipinski definition) is 1. The van der Waals surface area contributed by atoms with Crippen molar-refractivity contribution >= 4 is 28.1 Å². The maximum absolute atomic E-state index is 11.2. The number of halogens is 1. The van der Waals surface area contributed by atoms with Gasteiger partial charge in [-0.15, -0.1) is 0 Å². The summed E-state index contributed by atoms with van der Waals surface area (Å²) < 4.78 is 2.31. The molecule has 0 saturated heterocycles. The largest absolute Gasteiger partial charge is 0.290 e. The molecule has 5 nitrogen and oxygen atoms in total. The molecule has 2 aromatic heterocycles. The van der Waals surface area contributed by atoms with E-state index in [4.69, 9.17) is 0 Å². The summed E-state index contributed by atoms with van der Waals surface area (Å²) in [5, 5.41) is 10.3. The van der Waals surface area contributed by atoms with Crippen molar-refractivity contribution in [2.24, 2.45) is 0 Å². The Bertz CT molecular complexity index is 486. The molecule has 6 heteroatoms. The number of nitrogens with zero attached hydrogens (tertiary/aromatic N) is 3. The van der Waals surface area contributed by atoms with Gasteiger partial charge in [0.05, 0.1) is 0 Å². The summed E-state index contributed by atoms with van der Waals surface area (Å²) in [6, 6.07) is 1.72. The lowest BCUT2D eigenvalue weighted by atomic mass is 10.5. The Morgan fingerprint density at radius 2 is 2.42 bits per heavy atom. The van der Waals surface area contributed by atoms with Gasteiger partial charge in [-0.3, -0.25) is 4.79 Å². The first-order valence-electron chi connectivity index (χ1n) is 3.29. The van der Waals surface area contributed by atoms with E-state index in [1.54, 1.807) is 13.0 Å². The molecule has 0 aliphatic heterocycles. The number of aromatic nitrogens is 4. The molecule has 0 aromatic carbocycles. The Kier molecular flexibility index (Phi) is 1.63. The van der Waals surface area contributed by atoms with Crippen molar-refractivity contribution in [1.82, 2.24) is 19.8 Å². The van der Waals surface area contributed by atoms with Gasteiger partial charge in [-0.05, 0) is 29.5 Å². The SMILES string of the molecule is Cc1n[nH]c(=O)c2cc(I)nn12.